The minimum atomic E-state index is -0.716. The minimum absolute atomic E-state index is 0.354. The Morgan fingerprint density at radius 2 is 2.15 bits per heavy atom. The van der Waals surface area contributed by atoms with E-state index in [9.17, 15) is 14.5 Å². The highest BCUT2D eigenvalue weighted by molar-refractivity contribution is 5.36. The van der Waals surface area contributed by atoms with E-state index in [0.29, 0.717) is 18.2 Å². The summed E-state index contributed by atoms with van der Waals surface area (Å²) in [6, 6.07) is 4.73. The molecule has 1 aliphatic carbocycles. The molecule has 110 valence electrons. The average Bonchev–Trinajstić information content (AvgIpc) is 2.62. The lowest BCUT2D eigenvalue weighted by Gasteiger charge is -2.16. The largest absolute Gasteiger partial charge is 0.310 e. The molecular weight excluding hydrogens is 259 g/mol. The monoisotopic (exact) mass is 280 g/mol. The fraction of sp³-hybridized carbons (Fsp3) is 0.600. The van der Waals surface area contributed by atoms with Gasteiger partial charge < -0.3 is 5.32 Å². The molecule has 0 amide bonds. The topological polar surface area (TPSA) is 55.2 Å². The maximum absolute atomic E-state index is 13.9. The molecule has 2 rings (SSSR count). The first-order chi connectivity index (χ1) is 9.58. The van der Waals surface area contributed by atoms with Crippen LogP contribution in [0, 0.1) is 21.8 Å². The van der Waals surface area contributed by atoms with Crippen molar-refractivity contribution in [3.63, 3.8) is 0 Å². The van der Waals surface area contributed by atoms with Crippen LogP contribution in [0.25, 0.3) is 0 Å². The molecule has 1 aliphatic rings. The van der Waals surface area contributed by atoms with Gasteiger partial charge in [-0.15, -0.1) is 0 Å². The molecule has 0 spiro atoms. The van der Waals surface area contributed by atoms with Gasteiger partial charge in [-0.25, -0.2) is 0 Å². The summed E-state index contributed by atoms with van der Waals surface area (Å²) < 4.78 is 13.9. The minimum Gasteiger partial charge on any atom is -0.310 e. The molecule has 1 fully saturated rings. The van der Waals surface area contributed by atoms with Crippen LogP contribution >= 0.6 is 0 Å². The lowest BCUT2D eigenvalue weighted by Crippen LogP contribution is -2.28. The van der Waals surface area contributed by atoms with Crippen LogP contribution in [0.1, 0.15) is 44.6 Å². The Hall–Kier alpha value is -1.49. The summed E-state index contributed by atoms with van der Waals surface area (Å²) in [5.74, 6) is 0.0448. The Morgan fingerprint density at radius 1 is 1.35 bits per heavy atom. The number of benzene rings is 1. The van der Waals surface area contributed by atoms with E-state index in [4.69, 9.17) is 0 Å². The van der Waals surface area contributed by atoms with Gasteiger partial charge in [-0.05, 0) is 25.2 Å². The van der Waals surface area contributed by atoms with Crippen LogP contribution in [0.2, 0.25) is 0 Å². The van der Waals surface area contributed by atoms with E-state index >= 15 is 0 Å². The molecule has 0 heterocycles. The quantitative estimate of drug-likeness (QED) is 0.518. The van der Waals surface area contributed by atoms with Gasteiger partial charge in [-0.3, -0.25) is 10.1 Å². The van der Waals surface area contributed by atoms with Crippen molar-refractivity contribution in [1.82, 2.24) is 5.32 Å². The molecule has 2 atom stereocenters. The molecule has 20 heavy (non-hydrogen) atoms. The first kappa shape index (κ1) is 14.9. The van der Waals surface area contributed by atoms with Gasteiger partial charge in [0.1, 0.15) is 0 Å². The van der Waals surface area contributed by atoms with Crippen molar-refractivity contribution in [1.29, 1.82) is 0 Å². The van der Waals surface area contributed by atoms with Crippen LogP contribution < -0.4 is 5.32 Å². The molecule has 4 nitrogen and oxygen atoms in total. The molecule has 1 aromatic carbocycles. The fourth-order valence-corrected chi connectivity index (χ4v) is 2.79. The zero-order valence-corrected chi connectivity index (χ0v) is 11.8. The summed E-state index contributed by atoms with van der Waals surface area (Å²) in [5, 5.41) is 14.0. The zero-order chi connectivity index (χ0) is 14.5. The third kappa shape index (κ3) is 3.76. The number of nitro benzene ring substituents is 1. The first-order valence-electron chi connectivity index (χ1n) is 7.23. The summed E-state index contributed by atoms with van der Waals surface area (Å²) in [5.41, 5.74) is -0.0738. The molecule has 0 aliphatic heterocycles. The number of hydrogen-bond acceptors (Lipinski definition) is 3. The van der Waals surface area contributed by atoms with E-state index in [2.05, 4.69) is 12.2 Å². The summed E-state index contributed by atoms with van der Waals surface area (Å²) in [6.45, 7) is 2.62. The molecule has 0 aromatic heterocycles. The summed E-state index contributed by atoms with van der Waals surface area (Å²) in [6.07, 6.45) is 5.83. The van der Waals surface area contributed by atoms with Crippen molar-refractivity contribution in [2.24, 2.45) is 5.92 Å². The molecule has 0 radical (unpaired) electrons. The Morgan fingerprint density at radius 3 is 2.90 bits per heavy atom. The van der Waals surface area contributed by atoms with Crippen molar-refractivity contribution in [3.05, 3.63) is 39.7 Å². The molecular formula is C15H21FN2O2. The van der Waals surface area contributed by atoms with E-state index in [-0.39, 0.29) is 0 Å². The summed E-state index contributed by atoms with van der Waals surface area (Å²) in [4.78, 5) is 10.0. The van der Waals surface area contributed by atoms with Crippen molar-refractivity contribution >= 4 is 5.69 Å². The van der Waals surface area contributed by atoms with Crippen LogP contribution in [0.5, 0.6) is 0 Å². The van der Waals surface area contributed by atoms with Gasteiger partial charge in [0, 0.05) is 24.2 Å². The fourth-order valence-electron chi connectivity index (χ4n) is 2.79. The van der Waals surface area contributed by atoms with Crippen LogP contribution in [-0.2, 0) is 6.54 Å². The lowest BCUT2D eigenvalue weighted by molar-refractivity contribution is -0.387. The van der Waals surface area contributed by atoms with Gasteiger partial charge in [0.05, 0.1) is 4.92 Å². The van der Waals surface area contributed by atoms with Gasteiger partial charge >= 0.3 is 5.69 Å². The molecule has 0 bridgehead atoms. The molecule has 5 heteroatoms. The third-order valence-corrected chi connectivity index (χ3v) is 4.09. The van der Waals surface area contributed by atoms with Crippen LogP contribution in [0.15, 0.2) is 18.2 Å². The van der Waals surface area contributed by atoms with Gasteiger partial charge in [-0.2, -0.15) is 4.39 Å². The van der Waals surface area contributed by atoms with Gasteiger partial charge in [0.2, 0.25) is 5.82 Å². The predicted octanol–water partition coefficient (Wildman–Crippen LogP) is 3.79. The smallest absolute Gasteiger partial charge is 0.305 e. The van der Waals surface area contributed by atoms with Crippen molar-refractivity contribution in [2.75, 3.05) is 0 Å². The zero-order valence-electron chi connectivity index (χ0n) is 11.8. The first-order valence-corrected chi connectivity index (χ1v) is 7.23. The Balaban J connectivity index is 1.97. The van der Waals surface area contributed by atoms with E-state index < -0.39 is 16.4 Å². The summed E-state index contributed by atoms with van der Waals surface area (Å²) in [7, 11) is 0. The molecule has 1 N–H and O–H groups in total. The van der Waals surface area contributed by atoms with Crippen LogP contribution in [0.3, 0.4) is 0 Å². The second-order valence-electron chi connectivity index (χ2n) is 5.70. The molecule has 1 saturated carbocycles. The Bertz CT molecular complexity index is 479. The van der Waals surface area contributed by atoms with E-state index in [1.54, 1.807) is 6.07 Å². The highest BCUT2D eigenvalue weighted by atomic mass is 19.1. The Kier molecular flexibility index (Phi) is 5.06. The predicted molar refractivity (Wildman–Crippen MR) is 75.9 cm³/mol. The molecule has 1 aromatic rings. The molecule has 0 saturated heterocycles. The van der Waals surface area contributed by atoms with Gasteiger partial charge in [0.15, 0.2) is 0 Å². The van der Waals surface area contributed by atoms with E-state index in [1.165, 1.54) is 31.4 Å². The van der Waals surface area contributed by atoms with Gasteiger partial charge in [0.25, 0.3) is 0 Å². The number of halogens is 1. The molecule has 2 unspecified atom stereocenters. The SMILES string of the molecule is CC1CCCC(NCc2cccc([N+](=O)[O-])c2F)CC1. The lowest BCUT2D eigenvalue weighted by atomic mass is 10.0. The second kappa shape index (κ2) is 6.79. The number of nitrogens with zero attached hydrogens (tertiary/aromatic N) is 1. The Labute approximate surface area is 118 Å². The van der Waals surface area contributed by atoms with Crippen LogP contribution in [-0.4, -0.2) is 11.0 Å². The maximum atomic E-state index is 13.9. The van der Waals surface area contributed by atoms with Crippen molar-refractivity contribution in [3.8, 4) is 0 Å². The third-order valence-electron chi connectivity index (χ3n) is 4.09. The average molecular weight is 280 g/mol. The van der Waals surface area contributed by atoms with Crippen LogP contribution in [0.4, 0.5) is 10.1 Å². The van der Waals surface area contributed by atoms with Crippen molar-refractivity contribution in [2.45, 2.75) is 51.6 Å². The number of rotatable bonds is 4. The highest BCUT2D eigenvalue weighted by Gasteiger charge is 2.19. The number of nitrogens with one attached hydrogen (secondary N) is 1. The van der Waals surface area contributed by atoms with E-state index in [0.717, 1.165) is 18.8 Å². The van der Waals surface area contributed by atoms with Gasteiger partial charge in [-0.1, -0.05) is 31.9 Å². The maximum Gasteiger partial charge on any atom is 0.305 e. The number of nitro groups is 1. The number of hydrogen-bond donors (Lipinski definition) is 1. The highest BCUT2D eigenvalue weighted by Crippen LogP contribution is 2.24. The van der Waals surface area contributed by atoms with Crippen molar-refractivity contribution < 1.29 is 9.31 Å². The van der Waals surface area contributed by atoms with E-state index in [1.807, 2.05) is 0 Å². The standard InChI is InChI=1S/C15H21FN2O2/c1-11-4-2-6-13(9-8-11)17-10-12-5-3-7-14(15(12)16)18(19)20/h3,5,7,11,13,17H,2,4,6,8-10H2,1H3. The second-order valence-corrected chi connectivity index (χ2v) is 5.70. The summed E-state index contributed by atoms with van der Waals surface area (Å²) >= 11 is 0. The normalized spacial score (nSPS) is 23.3.